The van der Waals surface area contributed by atoms with Crippen LogP contribution in [0, 0.1) is 23.2 Å². The number of aryl methyl sites for hydroxylation is 1. The van der Waals surface area contributed by atoms with Gasteiger partial charge < -0.3 is 5.32 Å². The molecule has 2 rings (SSSR count). The number of hydrogen-bond donors (Lipinski definition) is 1. The molecule has 2 unspecified atom stereocenters. The van der Waals surface area contributed by atoms with Gasteiger partial charge in [0.05, 0.1) is 17.6 Å². The van der Waals surface area contributed by atoms with Crippen molar-refractivity contribution < 1.29 is 4.79 Å². The van der Waals surface area contributed by atoms with Crippen LogP contribution >= 0.6 is 0 Å². The number of nitrogens with zero attached hydrogens (tertiary/aromatic N) is 1. The van der Waals surface area contributed by atoms with E-state index in [9.17, 15) is 4.79 Å². The Morgan fingerprint density at radius 2 is 2.11 bits per heavy atom. The van der Waals surface area contributed by atoms with Crippen molar-refractivity contribution in [3.8, 4) is 6.07 Å². The number of nitriles is 1. The maximum atomic E-state index is 12.5. The fourth-order valence-corrected chi connectivity index (χ4v) is 4.56. The zero-order valence-corrected chi connectivity index (χ0v) is 17.2. The Balaban J connectivity index is 1.82. The molecule has 1 heterocycles. The fourth-order valence-electron chi connectivity index (χ4n) is 4.56. The average molecular weight is 367 g/mol. The van der Waals surface area contributed by atoms with Gasteiger partial charge in [-0.1, -0.05) is 51.8 Å². The Morgan fingerprint density at radius 3 is 2.74 bits per heavy atom. The Kier molecular flexibility index (Phi) is 7.66. The molecular formula is C24H34N2O. The minimum Gasteiger partial charge on any atom is -0.382 e. The molecule has 1 saturated heterocycles. The summed E-state index contributed by atoms with van der Waals surface area (Å²) in [5.41, 5.74) is 2.74. The number of rotatable bonds is 9. The van der Waals surface area contributed by atoms with Crippen molar-refractivity contribution in [1.29, 1.82) is 5.26 Å². The Hall–Kier alpha value is -2.08. The first-order valence-corrected chi connectivity index (χ1v) is 10.4. The normalized spacial score (nSPS) is 23.6. The highest BCUT2D eigenvalue weighted by molar-refractivity contribution is 5.86. The van der Waals surface area contributed by atoms with Crippen LogP contribution in [0.3, 0.4) is 0 Å². The number of nitrogens with one attached hydrogen (secondary N) is 1. The van der Waals surface area contributed by atoms with Crippen LogP contribution < -0.4 is 5.32 Å². The van der Waals surface area contributed by atoms with Gasteiger partial charge in [0.1, 0.15) is 5.78 Å². The van der Waals surface area contributed by atoms with Gasteiger partial charge in [0.25, 0.3) is 0 Å². The van der Waals surface area contributed by atoms with E-state index in [1.54, 1.807) is 0 Å². The molecule has 0 spiro atoms. The quantitative estimate of drug-likeness (QED) is 0.583. The number of Topliss-reactive ketones (excluding diaryl/α,β-unsaturated/α-hetero) is 1. The summed E-state index contributed by atoms with van der Waals surface area (Å²) >= 11 is 0. The van der Waals surface area contributed by atoms with Gasteiger partial charge in [-0.25, -0.2) is 0 Å². The summed E-state index contributed by atoms with van der Waals surface area (Å²) in [4.78, 5) is 12.5. The number of ketones is 1. The molecule has 27 heavy (non-hydrogen) atoms. The number of carbonyl (C=O) groups is 1. The van der Waals surface area contributed by atoms with E-state index >= 15 is 0 Å². The van der Waals surface area contributed by atoms with Crippen LogP contribution in [0.25, 0.3) is 0 Å². The molecule has 0 radical (unpaired) electrons. The first-order chi connectivity index (χ1) is 12.9. The van der Waals surface area contributed by atoms with Crippen LogP contribution in [-0.2, 0) is 11.2 Å². The van der Waals surface area contributed by atoms with Crippen molar-refractivity contribution in [2.75, 3.05) is 0 Å². The monoisotopic (exact) mass is 366 g/mol. The van der Waals surface area contributed by atoms with Crippen molar-refractivity contribution in [3.63, 3.8) is 0 Å². The number of carbonyl (C=O) groups excluding carboxylic acids is 1. The molecule has 1 aromatic carbocycles. The number of hydrogen-bond acceptors (Lipinski definition) is 3. The molecule has 146 valence electrons. The number of benzene rings is 1. The molecule has 3 heteroatoms. The molecule has 3 nitrogen and oxygen atoms in total. The van der Waals surface area contributed by atoms with Gasteiger partial charge in [-0.05, 0) is 56.2 Å². The van der Waals surface area contributed by atoms with Gasteiger partial charge in [0.15, 0.2) is 0 Å². The molecule has 1 aromatic rings. The molecule has 0 saturated carbocycles. The van der Waals surface area contributed by atoms with Crippen LogP contribution in [0.15, 0.2) is 36.5 Å². The van der Waals surface area contributed by atoms with Crippen molar-refractivity contribution in [2.45, 2.75) is 77.7 Å². The molecular weight excluding hydrogens is 332 g/mol. The van der Waals surface area contributed by atoms with E-state index in [0.717, 1.165) is 43.4 Å². The minimum absolute atomic E-state index is 0.0141. The summed E-state index contributed by atoms with van der Waals surface area (Å²) in [5, 5.41) is 12.6. The van der Waals surface area contributed by atoms with Crippen molar-refractivity contribution in [3.05, 3.63) is 47.7 Å². The largest absolute Gasteiger partial charge is 0.382 e. The maximum absolute atomic E-state index is 12.5. The van der Waals surface area contributed by atoms with Crippen molar-refractivity contribution in [2.24, 2.45) is 11.8 Å². The average Bonchev–Trinajstić information content (AvgIpc) is 2.64. The Labute approximate surface area is 164 Å². The molecule has 1 aliphatic heterocycles. The minimum atomic E-state index is -0.157. The third kappa shape index (κ3) is 5.45. The van der Waals surface area contributed by atoms with Gasteiger partial charge >= 0.3 is 0 Å². The van der Waals surface area contributed by atoms with Crippen LogP contribution in [0.4, 0.5) is 0 Å². The molecule has 3 atom stereocenters. The Bertz CT molecular complexity index is 683. The van der Waals surface area contributed by atoms with Crippen molar-refractivity contribution >= 4 is 5.78 Å². The Morgan fingerprint density at radius 1 is 1.33 bits per heavy atom. The first kappa shape index (κ1) is 21.2. The van der Waals surface area contributed by atoms with Gasteiger partial charge in [0.2, 0.25) is 0 Å². The van der Waals surface area contributed by atoms with E-state index < -0.39 is 0 Å². The smallest absolute Gasteiger partial charge is 0.144 e. The number of unbranched alkanes of at least 4 members (excludes halogenated alkanes) is 2. The lowest BCUT2D eigenvalue weighted by Crippen LogP contribution is -2.55. The highest BCUT2D eigenvalue weighted by Crippen LogP contribution is 2.36. The molecule has 0 aromatic heterocycles. The van der Waals surface area contributed by atoms with Gasteiger partial charge in [-0.15, -0.1) is 0 Å². The van der Waals surface area contributed by atoms with Crippen molar-refractivity contribution in [1.82, 2.24) is 5.32 Å². The molecule has 1 fully saturated rings. The van der Waals surface area contributed by atoms with E-state index in [-0.39, 0.29) is 11.5 Å². The second kappa shape index (κ2) is 9.74. The highest BCUT2D eigenvalue weighted by Gasteiger charge is 2.41. The predicted molar refractivity (Wildman–Crippen MR) is 111 cm³/mol. The van der Waals surface area contributed by atoms with Gasteiger partial charge in [0, 0.05) is 17.7 Å². The second-order valence-electron chi connectivity index (χ2n) is 8.19. The van der Waals surface area contributed by atoms with E-state index in [2.05, 4.69) is 44.8 Å². The number of piperidine rings is 1. The second-order valence-corrected chi connectivity index (χ2v) is 8.19. The highest BCUT2D eigenvalue weighted by atomic mass is 16.1. The molecule has 1 aliphatic rings. The van der Waals surface area contributed by atoms with E-state index in [1.165, 1.54) is 18.4 Å². The van der Waals surface area contributed by atoms with E-state index in [1.807, 2.05) is 18.2 Å². The predicted octanol–water partition coefficient (Wildman–Crippen LogP) is 5.55. The van der Waals surface area contributed by atoms with E-state index in [4.69, 9.17) is 5.26 Å². The summed E-state index contributed by atoms with van der Waals surface area (Å²) in [5.74, 6) is 0.817. The summed E-state index contributed by atoms with van der Waals surface area (Å²) in [7, 11) is 0. The third-order valence-corrected chi connectivity index (χ3v) is 6.17. The molecule has 0 bridgehead atoms. The van der Waals surface area contributed by atoms with E-state index in [0.29, 0.717) is 18.1 Å². The summed E-state index contributed by atoms with van der Waals surface area (Å²) in [6, 6.07) is 10.1. The lowest BCUT2D eigenvalue weighted by atomic mass is 9.71. The van der Waals surface area contributed by atoms with Gasteiger partial charge in [-0.2, -0.15) is 5.26 Å². The summed E-state index contributed by atoms with van der Waals surface area (Å²) < 4.78 is 0. The van der Waals surface area contributed by atoms with Gasteiger partial charge in [-0.3, -0.25) is 4.79 Å². The SMILES string of the molecule is C=C1N[C@](C)(C(CC)CCCCCc2cccc(C#N)c2)CC(=O)C1CC. The van der Waals surface area contributed by atoms with Crippen LogP contribution in [-0.4, -0.2) is 11.3 Å². The summed E-state index contributed by atoms with van der Waals surface area (Å²) in [6.07, 6.45) is 8.17. The number of allylic oxidation sites excluding steroid dienone is 1. The fraction of sp³-hybridized carbons (Fsp3) is 0.583. The zero-order chi connectivity index (χ0) is 19.9. The third-order valence-electron chi connectivity index (χ3n) is 6.17. The summed E-state index contributed by atoms with van der Waals surface area (Å²) in [6.45, 7) is 10.6. The molecule has 0 aliphatic carbocycles. The first-order valence-electron chi connectivity index (χ1n) is 10.4. The van der Waals surface area contributed by atoms with Crippen LogP contribution in [0.5, 0.6) is 0 Å². The lowest BCUT2D eigenvalue weighted by Gasteiger charge is -2.45. The molecule has 0 amide bonds. The topological polar surface area (TPSA) is 52.9 Å². The lowest BCUT2D eigenvalue weighted by molar-refractivity contribution is -0.125. The standard InChI is InChI=1S/C24H34N2O/c1-5-21(24(4)16-23(27)22(6-2)18(3)26-24)14-9-7-8-11-19-12-10-13-20(15-19)17-25/h10,12-13,15,21-22,26H,3,5-9,11,14,16H2,1-2,4H3/t21?,22?,24-/m0/s1. The maximum Gasteiger partial charge on any atom is 0.144 e. The van der Waals surface area contributed by atoms with Crippen LogP contribution in [0.2, 0.25) is 0 Å². The van der Waals surface area contributed by atoms with Crippen LogP contribution in [0.1, 0.15) is 76.8 Å². The molecule has 1 N–H and O–H groups in total. The zero-order valence-electron chi connectivity index (χ0n) is 17.2.